The van der Waals surface area contributed by atoms with Crippen LogP contribution in [0.2, 0.25) is 0 Å². The van der Waals surface area contributed by atoms with Gasteiger partial charge in [0.25, 0.3) is 5.91 Å². The summed E-state index contributed by atoms with van der Waals surface area (Å²) in [6.07, 6.45) is 0. The number of carbonyl (C=O) groups is 1. The fourth-order valence-corrected chi connectivity index (χ4v) is 2.32. The number of hydrogen-bond acceptors (Lipinski definition) is 4. The molecule has 1 aromatic rings. The average molecular weight is 345 g/mol. The Kier molecular flexibility index (Phi) is 7.40. The van der Waals surface area contributed by atoms with Gasteiger partial charge >= 0.3 is 0 Å². The van der Waals surface area contributed by atoms with Gasteiger partial charge in [-0.1, -0.05) is 0 Å². The van der Waals surface area contributed by atoms with Crippen molar-refractivity contribution in [2.24, 2.45) is 0 Å². The predicted molar refractivity (Wildman–Crippen MR) is 82.3 cm³/mol. The number of nitrogens with one attached hydrogen (secondary N) is 2. The molecule has 20 heavy (non-hydrogen) atoms. The van der Waals surface area contributed by atoms with Crippen molar-refractivity contribution in [3.8, 4) is 11.5 Å². The molecule has 0 saturated carbocycles. The number of halogens is 1. The highest BCUT2D eigenvalue weighted by Crippen LogP contribution is 2.36. The van der Waals surface area contributed by atoms with Crippen LogP contribution in [0.25, 0.3) is 0 Å². The Morgan fingerprint density at radius 2 is 2.05 bits per heavy atom. The maximum atomic E-state index is 11.5. The lowest BCUT2D eigenvalue weighted by Crippen LogP contribution is -2.28. The summed E-state index contributed by atoms with van der Waals surface area (Å²) in [5.74, 6) is 1.04. The molecule has 0 saturated heterocycles. The van der Waals surface area contributed by atoms with E-state index in [4.69, 9.17) is 9.47 Å². The Hall–Kier alpha value is -1.27. The second-order valence-corrected chi connectivity index (χ2v) is 4.96. The molecule has 1 aromatic carbocycles. The third-order valence-electron chi connectivity index (χ3n) is 2.47. The lowest BCUT2D eigenvalue weighted by atomic mass is 10.2. The van der Waals surface area contributed by atoms with Gasteiger partial charge < -0.3 is 20.1 Å². The molecule has 0 aliphatic carbocycles. The predicted octanol–water partition coefficient (Wildman–Crippen LogP) is 2.08. The van der Waals surface area contributed by atoms with Crippen LogP contribution in [0, 0.1) is 0 Å². The fourth-order valence-electron chi connectivity index (χ4n) is 1.72. The highest BCUT2D eigenvalue weighted by Gasteiger charge is 2.13. The minimum Gasteiger partial charge on any atom is -0.490 e. The van der Waals surface area contributed by atoms with Gasteiger partial charge in [0.1, 0.15) is 0 Å². The minimum absolute atomic E-state index is 0.0299. The Morgan fingerprint density at radius 3 is 2.65 bits per heavy atom. The first-order valence-electron chi connectivity index (χ1n) is 6.61. The number of rotatable bonds is 8. The molecule has 112 valence electrons. The molecular formula is C14H21BrN2O3. The van der Waals surface area contributed by atoms with Crippen molar-refractivity contribution in [3.05, 3.63) is 22.2 Å². The Labute approximate surface area is 128 Å². The molecular weight excluding hydrogens is 324 g/mol. The molecule has 6 heteroatoms. The Balaban J connectivity index is 2.89. The standard InChI is InChI=1S/C14H21BrN2O3/c1-4-17-13(18)9-20-14-11(15)6-10(8-16-3)7-12(14)19-5-2/h6-7,16H,4-5,8-9H2,1-3H3,(H,17,18). The molecule has 0 unspecified atom stereocenters. The van der Waals surface area contributed by atoms with E-state index >= 15 is 0 Å². The normalized spacial score (nSPS) is 10.2. The Bertz CT molecular complexity index is 452. The summed E-state index contributed by atoms with van der Waals surface area (Å²) in [4.78, 5) is 11.5. The van der Waals surface area contributed by atoms with E-state index in [1.165, 1.54) is 0 Å². The largest absolute Gasteiger partial charge is 0.490 e. The van der Waals surface area contributed by atoms with Gasteiger partial charge in [-0.15, -0.1) is 0 Å². The highest BCUT2D eigenvalue weighted by atomic mass is 79.9. The monoisotopic (exact) mass is 344 g/mol. The van der Waals surface area contributed by atoms with Gasteiger partial charge in [0.15, 0.2) is 18.1 Å². The molecule has 0 heterocycles. The van der Waals surface area contributed by atoms with Crippen LogP contribution < -0.4 is 20.1 Å². The fraction of sp³-hybridized carbons (Fsp3) is 0.500. The smallest absolute Gasteiger partial charge is 0.257 e. The molecule has 0 fully saturated rings. The summed E-state index contributed by atoms with van der Waals surface area (Å²) >= 11 is 3.46. The molecule has 1 amide bonds. The molecule has 0 aliphatic heterocycles. The Morgan fingerprint density at radius 1 is 1.30 bits per heavy atom. The zero-order valence-electron chi connectivity index (χ0n) is 12.1. The zero-order valence-corrected chi connectivity index (χ0v) is 13.7. The summed E-state index contributed by atoms with van der Waals surface area (Å²) in [6, 6.07) is 3.86. The van der Waals surface area contributed by atoms with E-state index in [0.29, 0.717) is 24.7 Å². The molecule has 0 radical (unpaired) electrons. The van der Waals surface area contributed by atoms with Crippen LogP contribution in [-0.4, -0.2) is 32.7 Å². The second-order valence-electron chi connectivity index (χ2n) is 4.11. The second kappa shape index (κ2) is 8.81. The highest BCUT2D eigenvalue weighted by molar-refractivity contribution is 9.10. The van der Waals surface area contributed by atoms with Crippen molar-refractivity contribution in [3.63, 3.8) is 0 Å². The zero-order chi connectivity index (χ0) is 15.0. The van der Waals surface area contributed by atoms with E-state index in [9.17, 15) is 4.79 Å². The van der Waals surface area contributed by atoms with Crippen molar-refractivity contribution in [2.45, 2.75) is 20.4 Å². The van der Waals surface area contributed by atoms with Crippen LogP contribution in [-0.2, 0) is 11.3 Å². The van der Waals surface area contributed by atoms with Gasteiger partial charge in [0.05, 0.1) is 11.1 Å². The van der Waals surface area contributed by atoms with Crippen molar-refractivity contribution in [1.29, 1.82) is 0 Å². The van der Waals surface area contributed by atoms with Crippen molar-refractivity contribution < 1.29 is 14.3 Å². The molecule has 0 aliphatic rings. The maximum Gasteiger partial charge on any atom is 0.257 e. The van der Waals surface area contributed by atoms with Gasteiger partial charge in [-0.05, 0) is 54.5 Å². The summed E-state index contributed by atoms with van der Waals surface area (Å²) in [6.45, 7) is 5.60. The van der Waals surface area contributed by atoms with E-state index in [0.717, 1.165) is 16.6 Å². The topological polar surface area (TPSA) is 59.6 Å². The van der Waals surface area contributed by atoms with Crippen LogP contribution in [0.3, 0.4) is 0 Å². The quantitative estimate of drug-likeness (QED) is 0.757. The lowest BCUT2D eigenvalue weighted by molar-refractivity contribution is -0.123. The summed E-state index contributed by atoms with van der Waals surface area (Å²) in [7, 11) is 1.88. The first-order valence-corrected chi connectivity index (χ1v) is 7.40. The number of hydrogen-bond donors (Lipinski definition) is 2. The minimum atomic E-state index is -0.152. The number of benzene rings is 1. The van der Waals surface area contributed by atoms with Gasteiger partial charge in [-0.25, -0.2) is 0 Å². The lowest BCUT2D eigenvalue weighted by Gasteiger charge is -2.15. The summed E-state index contributed by atoms with van der Waals surface area (Å²) < 4.78 is 11.9. The number of ether oxygens (including phenoxy) is 2. The van der Waals surface area contributed by atoms with Gasteiger partial charge in [-0.2, -0.15) is 0 Å². The number of likely N-dealkylation sites (N-methyl/N-ethyl adjacent to an activating group) is 1. The molecule has 2 N–H and O–H groups in total. The van der Waals surface area contributed by atoms with Crippen LogP contribution in [0.1, 0.15) is 19.4 Å². The third-order valence-corrected chi connectivity index (χ3v) is 3.06. The molecule has 1 rings (SSSR count). The first kappa shape index (κ1) is 16.8. The van der Waals surface area contributed by atoms with Gasteiger partial charge in [-0.3, -0.25) is 4.79 Å². The van der Waals surface area contributed by atoms with Crippen molar-refractivity contribution >= 4 is 21.8 Å². The third kappa shape index (κ3) is 5.02. The van der Waals surface area contributed by atoms with Crippen LogP contribution in [0.15, 0.2) is 16.6 Å². The van der Waals surface area contributed by atoms with E-state index in [-0.39, 0.29) is 12.5 Å². The maximum absolute atomic E-state index is 11.5. The van der Waals surface area contributed by atoms with E-state index < -0.39 is 0 Å². The summed E-state index contributed by atoms with van der Waals surface area (Å²) in [5, 5.41) is 5.77. The van der Waals surface area contributed by atoms with Crippen molar-refractivity contribution in [2.75, 3.05) is 26.8 Å². The molecule has 0 aromatic heterocycles. The summed E-state index contributed by atoms with van der Waals surface area (Å²) in [5.41, 5.74) is 1.08. The molecule has 0 spiro atoms. The van der Waals surface area contributed by atoms with Crippen LogP contribution in [0.4, 0.5) is 0 Å². The van der Waals surface area contributed by atoms with Gasteiger partial charge in [0, 0.05) is 13.1 Å². The van der Waals surface area contributed by atoms with Crippen LogP contribution >= 0.6 is 15.9 Å². The van der Waals surface area contributed by atoms with E-state index in [1.54, 1.807) is 0 Å². The number of amides is 1. The first-order chi connectivity index (χ1) is 9.62. The average Bonchev–Trinajstić information content (AvgIpc) is 2.39. The van der Waals surface area contributed by atoms with Crippen LogP contribution in [0.5, 0.6) is 11.5 Å². The molecule has 0 atom stereocenters. The van der Waals surface area contributed by atoms with E-state index in [2.05, 4.69) is 26.6 Å². The number of carbonyl (C=O) groups excluding carboxylic acids is 1. The SMILES string of the molecule is CCNC(=O)COc1c(Br)cc(CNC)cc1OCC. The van der Waals surface area contributed by atoms with Crippen molar-refractivity contribution in [1.82, 2.24) is 10.6 Å². The molecule has 0 bridgehead atoms. The van der Waals surface area contributed by atoms with E-state index in [1.807, 2.05) is 33.0 Å². The molecule has 5 nitrogen and oxygen atoms in total. The van der Waals surface area contributed by atoms with Gasteiger partial charge in [0.2, 0.25) is 0 Å².